The number of nitrogens with zero attached hydrogens (tertiary/aromatic N) is 1. The Bertz CT molecular complexity index is 829. The van der Waals surface area contributed by atoms with Crippen LogP contribution >= 0.6 is 0 Å². The molecule has 0 aliphatic heterocycles. The fourth-order valence-corrected chi connectivity index (χ4v) is 2.51. The lowest BCUT2D eigenvalue weighted by Crippen LogP contribution is -2.17. The quantitative estimate of drug-likeness (QED) is 0.298. The predicted octanol–water partition coefficient (Wildman–Crippen LogP) is 3.85. The highest BCUT2D eigenvalue weighted by Crippen LogP contribution is 2.43. The van der Waals surface area contributed by atoms with Gasteiger partial charge >= 0.3 is 12.1 Å². The molecule has 0 bridgehead atoms. The number of rotatable bonds is 4. The van der Waals surface area contributed by atoms with E-state index >= 15 is 0 Å². The van der Waals surface area contributed by atoms with Gasteiger partial charge in [0.25, 0.3) is 6.08 Å². The Hall–Kier alpha value is -3.12. The molecule has 0 radical (unpaired) electrons. The Morgan fingerprint density at radius 2 is 1.84 bits per heavy atom. The number of nitrogen functional groups attached to an aromatic ring is 1. The maximum absolute atomic E-state index is 13.5. The topological polar surface area (TPSA) is 81.8 Å². The van der Waals surface area contributed by atoms with Crippen molar-refractivity contribution in [3.05, 3.63) is 53.6 Å². The highest BCUT2D eigenvalue weighted by atomic mass is 19.4. The van der Waals surface area contributed by atoms with Crippen LogP contribution in [0.1, 0.15) is 24.0 Å². The first-order valence-electron chi connectivity index (χ1n) is 7.10. The van der Waals surface area contributed by atoms with Gasteiger partial charge in [-0.2, -0.15) is 13.2 Å². The Kier molecular flexibility index (Phi) is 5.24. The van der Waals surface area contributed by atoms with Crippen LogP contribution in [-0.2, 0) is 20.6 Å². The molecule has 2 rings (SSSR count). The van der Waals surface area contributed by atoms with Crippen molar-refractivity contribution in [2.24, 2.45) is 5.16 Å². The second-order valence-electron chi connectivity index (χ2n) is 5.17. The molecule has 0 aliphatic carbocycles. The highest BCUT2D eigenvalue weighted by molar-refractivity contribution is 5.87. The van der Waals surface area contributed by atoms with Crippen molar-refractivity contribution in [2.45, 2.75) is 19.0 Å². The summed E-state index contributed by atoms with van der Waals surface area (Å²) in [5.41, 5.74) is 4.90. The third kappa shape index (κ3) is 3.87. The minimum atomic E-state index is -4.65. The van der Waals surface area contributed by atoms with Crippen LogP contribution in [0.15, 0.2) is 47.6 Å². The molecular formula is C17H13F3N2O3. The van der Waals surface area contributed by atoms with E-state index in [1.807, 2.05) is 0 Å². The standard InChI is InChI=1S/C17H13F3N2O3/c1-10(16(24)25-22-9-23)14-13(21)8-7-12(17(18,19)20)15(14)11-5-3-2-4-6-11/h2-8,10H,21H2,1H3. The van der Waals surface area contributed by atoms with Crippen LogP contribution < -0.4 is 5.73 Å². The zero-order chi connectivity index (χ0) is 18.6. The lowest BCUT2D eigenvalue weighted by Gasteiger charge is -2.21. The molecule has 0 amide bonds. The van der Waals surface area contributed by atoms with Crippen LogP contribution in [0.2, 0.25) is 0 Å². The summed E-state index contributed by atoms with van der Waals surface area (Å²) in [6.07, 6.45) is -3.63. The number of carbonyl (C=O) groups is 1. The number of benzene rings is 2. The Morgan fingerprint density at radius 1 is 1.20 bits per heavy atom. The van der Waals surface area contributed by atoms with E-state index in [0.29, 0.717) is 0 Å². The third-order valence-electron chi connectivity index (χ3n) is 3.61. The largest absolute Gasteiger partial charge is 0.417 e. The van der Waals surface area contributed by atoms with E-state index in [0.717, 1.165) is 18.2 Å². The molecule has 5 nitrogen and oxygen atoms in total. The number of alkyl halides is 3. The first-order valence-corrected chi connectivity index (χ1v) is 7.10. The molecule has 0 heterocycles. The number of carbonyl (C=O) groups excluding carboxylic acids is 2. The van der Waals surface area contributed by atoms with Gasteiger partial charge in [0, 0.05) is 10.8 Å². The molecule has 2 aromatic carbocycles. The summed E-state index contributed by atoms with van der Waals surface area (Å²) in [4.78, 5) is 26.3. The van der Waals surface area contributed by atoms with Crippen molar-refractivity contribution < 1.29 is 27.6 Å². The van der Waals surface area contributed by atoms with E-state index in [1.165, 1.54) is 19.1 Å². The lowest BCUT2D eigenvalue weighted by atomic mass is 9.86. The van der Waals surface area contributed by atoms with E-state index in [1.54, 1.807) is 18.2 Å². The van der Waals surface area contributed by atoms with Gasteiger partial charge in [0.2, 0.25) is 0 Å². The van der Waals surface area contributed by atoms with Crippen LogP contribution in [0.3, 0.4) is 0 Å². The highest BCUT2D eigenvalue weighted by Gasteiger charge is 2.37. The number of anilines is 1. The fourth-order valence-electron chi connectivity index (χ4n) is 2.51. The molecule has 0 aliphatic rings. The van der Waals surface area contributed by atoms with E-state index in [9.17, 15) is 22.8 Å². The van der Waals surface area contributed by atoms with Gasteiger partial charge in [0.15, 0.2) is 0 Å². The van der Waals surface area contributed by atoms with Crippen molar-refractivity contribution in [1.29, 1.82) is 0 Å². The summed E-state index contributed by atoms with van der Waals surface area (Å²) in [7, 11) is 0. The summed E-state index contributed by atoms with van der Waals surface area (Å²) in [6.45, 7) is 1.32. The van der Waals surface area contributed by atoms with Gasteiger partial charge in [0.05, 0.1) is 11.5 Å². The number of hydrogen-bond donors (Lipinski definition) is 1. The molecule has 8 heteroatoms. The maximum Gasteiger partial charge on any atom is 0.417 e. The summed E-state index contributed by atoms with van der Waals surface area (Å²) >= 11 is 0. The number of hydrogen-bond acceptors (Lipinski definition) is 5. The Labute approximate surface area is 140 Å². The molecule has 2 N–H and O–H groups in total. The van der Waals surface area contributed by atoms with Crippen LogP contribution in [0.5, 0.6) is 0 Å². The smallest absolute Gasteiger partial charge is 0.398 e. The zero-order valence-electron chi connectivity index (χ0n) is 13.0. The summed E-state index contributed by atoms with van der Waals surface area (Å²) in [5, 5.41) is 2.70. The second kappa shape index (κ2) is 7.19. The predicted molar refractivity (Wildman–Crippen MR) is 83.9 cm³/mol. The van der Waals surface area contributed by atoms with E-state index in [2.05, 4.69) is 9.99 Å². The van der Waals surface area contributed by atoms with Gasteiger partial charge in [-0.3, -0.25) is 0 Å². The molecule has 0 aromatic heterocycles. The van der Waals surface area contributed by atoms with Crippen LogP contribution in [-0.4, -0.2) is 12.0 Å². The van der Waals surface area contributed by atoms with Crippen molar-refractivity contribution in [3.8, 4) is 11.1 Å². The van der Waals surface area contributed by atoms with E-state index < -0.39 is 23.6 Å². The van der Waals surface area contributed by atoms with Gasteiger partial charge in [-0.15, -0.1) is 0 Å². The van der Waals surface area contributed by atoms with Crippen LogP contribution in [0.4, 0.5) is 18.9 Å². The minimum absolute atomic E-state index is 0.00798. The molecular weight excluding hydrogens is 337 g/mol. The average molecular weight is 350 g/mol. The van der Waals surface area contributed by atoms with Crippen LogP contribution in [0, 0.1) is 0 Å². The van der Waals surface area contributed by atoms with Crippen molar-refractivity contribution in [2.75, 3.05) is 5.73 Å². The first kappa shape index (κ1) is 18.2. The minimum Gasteiger partial charge on any atom is -0.398 e. The Balaban J connectivity index is 2.74. The monoisotopic (exact) mass is 350 g/mol. The normalized spacial score (nSPS) is 12.2. The molecule has 2 aromatic rings. The zero-order valence-corrected chi connectivity index (χ0v) is 13.0. The first-order chi connectivity index (χ1) is 11.8. The summed E-state index contributed by atoms with van der Waals surface area (Å²) in [5.74, 6) is -2.21. The van der Waals surface area contributed by atoms with Crippen molar-refractivity contribution in [1.82, 2.24) is 0 Å². The van der Waals surface area contributed by atoms with Gasteiger partial charge < -0.3 is 10.6 Å². The van der Waals surface area contributed by atoms with Crippen LogP contribution in [0.25, 0.3) is 11.1 Å². The SMILES string of the molecule is CC(C(=O)ON=C=O)c1c(N)ccc(C(F)(F)F)c1-c1ccccc1. The molecule has 1 atom stereocenters. The third-order valence-corrected chi connectivity index (χ3v) is 3.61. The molecule has 25 heavy (non-hydrogen) atoms. The summed E-state index contributed by atoms with van der Waals surface area (Å²) < 4.78 is 40.5. The van der Waals surface area contributed by atoms with Crippen molar-refractivity contribution in [3.63, 3.8) is 0 Å². The van der Waals surface area contributed by atoms with E-state index in [4.69, 9.17) is 5.73 Å². The fraction of sp³-hybridized carbons (Fsp3) is 0.176. The van der Waals surface area contributed by atoms with Gasteiger partial charge in [-0.1, -0.05) is 30.3 Å². The van der Waals surface area contributed by atoms with E-state index in [-0.39, 0.29) is 22.4 Å². The molecule has 0 saturated heterocycles. The molecule has 0 fully saturated rings. The van der Waals surface area contributed by atoms with Gasteiger partial charge in [-0.05, 0) is 35.7 Å². The van der Waals surface area contributed by atoms with Gasteiger partial charge in [-0.25, -0.2) is 9.59 Å². The molecule has 0 spiro atoms. The molecule has 0 saturated carbocycles. The van der Waals surface area contributed by atoms with Gasteiger partial charge in [0.1, 0.15) is 0 Å². The number of halogens is 3. The average Bonchev–Trinajstić information content (AvgIpc) is 2.58. The molecule has 130 valence electrons. The number of nitrogens with two attached hydrogens (primary N) is 1. The Morgan fingerprint density at radius 3 is 2.40 bits per heavy atom. The summed E-state index contributed by atoms with van der Waals surface area (Å²) in [6, 6.07) is 9.70. The van der Waals surface area contributed by atoms with Crippen molar-refractivity contribution >= 4 is 17.7 Å². The molecule has 1 unspecified atom stereocenters. The second-order valence-corrected chi connectivity index (χ2v) is 5.17. The maximum atomic E-state index is 13.5. The lowest BCUT2D eigenvalue weighted by molar-refractivity contribution is -0.145. The number of isocyanates is 1.